The Morgan fingerprint density at radius 1 is 1.12 bits per heavy atom. The minimum absolute atomic E-state index is 0.0821. The Kier molecular flexibility index (Phi) is 8.58. The monoisotopic (exact) mass is 449 g/mol. The highest BCUT2D eigenvalue weighted by molar-refractivity contribution is 6.02. The molecule has 3 rings (SSSR count). The minimum Gasteiger partial charge on any atom is -0.496 e. The number of nitrogens with one attached hydrogen (secondary N) is 1. The van der Waals surface area contributed by atoms with Gasteiger partial charge in [0.25, 0.3) is 0 Å². The Morgan fingerprint density at radius 3 is 2.64 bits per heavy atom. The Balaban J connectivity index is 2.01. The second-order valence-corrected chi connectivity index (χ2v) is 8.22. The quantitative estimate of drug-likeness (QED) is 0.255. The van der Waals surface area contributed by atoms with Crippen LogP contribution in [0.1, 0.15) is 57.6 Å². The number of carbonyl (C=O) groups excluding carboxylic acids is 1. The zero-order valence-corrected chi connectivity index (χ0v) is 20.4. The number of methoxy groups -OCH3 is 1. The molecule has 3 aromatic rings. The van der Waals surface area contributed by atoms with Gasteiger partial charge in [0.05, 0.1) is 20.0 Å². The molecule has 0 aliphatic carbocycles. The Morgan fingerprint density at radius 2 is 1.91 bits per heavy atom. The molecule has 33 heavy (non-hydrogen) atoms. The smallest absolute Gasteiger partial charge is 0.244 e. The van der Waals surface area contributed by atoms with Crippen LogP contribution in [0.25, 0.3) is 27.7 Å². The first-order chi connectivity index (χ1) is 16.0. The molecule has 0 aliphatic rings. The van der Waals surface area contributed by atoms with E-state index >= 15 is 0 Å². The van der Waals surface area contributed by atoms with E-state index in [4.69, 9.17) is 13.9 Å². The van der Waals surface area contributed by atoms with Gasteiger partial charge >= 0.3 is 0 Å². The van der Waals surface area contributed by atoms with Crippen LogP contribution in [0.4, 0.5) is 0 Å². The highest BCUT2D eigenvalue weighted by Crippen LogP contribution is 2.42. The van der Waals surface area contributed by atoms with Gasteiger partial charge in [-0.1, -0.05) is 44.4 Å². The van der Waals surface area contributed by atoms with Gasteiger partial charge in [-0.15, -0.1) is 0 Å². The molecule has 1 amide bonds. The number of furan rings is 1. The van der Waals surface area contributed by atoms with E-state index < -0.39 is 0 Å². The number of para-hydroxylation sites is 1. The zero-order valence-electron chi connectivity index (χ0n) is 20.4. The van der Waals surface area contributed by atoms with Crippen molar-refractivity contribution in [2.75, 3.05) is 20.3 Å². The van der Waals surface area contributed by atoms with Gasteiger partial charge in [-0.25, -0.2) is 0 Å². The molecule has 1 heterocycles. The van der Waals surface area contributed by atoms with Gasteiger partial charge < -0.3 is 19.2 Å². The fourth-order valence-corrected chi connectivity index (χ4v) is 4.10. The maximum Gasteiger partial charge on any atom is 0.244 e. The Bertz CT molecular complexity index is 1130. The molecule has 5 nitrogen and oxygen atoms in total. The van der Waals surface area contributed by atoms with Crippen molar-refractivity contribution in [2.24, 2.45) is 0 Å². The van der Waals surface area contributed by atoms with Gasteiger partial charge in [-0.2, -0.15) is 0 Å². The molecule has 0 aliphatic heterocycles. The lowest BCUT2D eigenvalue weighted by Crippen LogP contribution is -2.22. The molecule has 176 valence electrons. The second kappa shape index (κ2) is 11.6. The van der Waals surface area contributed by atoms with Crippen molar-refractivity contribution < 1.29 is 18.7 Å². The molecule has 0 saturated carbocycles. The third kappa shape index (κ3) is 5.59. The van der Waals surface area contributed by atoms with Gasteiger partial charge in [0.2, 0.25) is 5.91 Å². The van der Waals surface area contributed by atoms with E-state index in [1.807, 2.05) is 45.0 Å². The third-order valence-corrected chi connectivity index (χ3v) is 5.83. The second-order valence-electron chi connectivity index (χ2n) is 8.22. The lowest BCUT2D eigenvalue weighted by atomic mass is 9.96. The summed E-state index contributed by atoms with van der Waals surface area (Å²) in [6, 6.07) is 9.94. The normalized spacial score (nSPS) is 11.6. The number of hydrogen-bond donors (Lipinski definition) is 1. The van der Waals surface area contributed by atoms with Crippen LogP contribution >= 0.6 is 0 Å². The zero-order chi connectivity index (χ0) is 23.8. The summed E-state index contributed by atoms with van der Waals surface area (Å²) in [7, 11) is 1.67. The summed E-state index contributed by atoms with van der Waals surface area (Å²) in [6.07, 6.45) is 7.93. The third-order valence-electron chi connectivity index (χ3n) is 5.83. The number of amides is 1. The van der Waals surface area contributed by atoms with Crippen molar-refractivity contribution in [2.45, 2.75) is 53.4 Å². The maximum absolute atomic E-state index is 12.5. The highest BCUT2D eigenvalue weighted by Gasteiger charge is 2.20. The predicted octanol–water partition coefficient (Wildman–Crippen LogP) is 6.92. The number of aryl methyl sites for hydroxylation is 1. The topological polar surface area (TPSA) is 60.7 Å². The summed E-state index contributed by atoms with van der Waals surface area (Å²) < 4.78 is 17.6. The number of rotatable bonds is 11. The minimum atomic E-state index is -0.0821. The first kappa shape index (κ1) is 24.4. The number of fused-ring (bicyclic) bond motifs is 1. The molecule has 0 bridgehead atoms. The van der Waals surface area contributed by atoms with Crippen LogP contribution in [-0.2, 0) is 4.79 Å². The number of carbonyl (C=O) groups is 1. The SMILES string of the molecule is CCCCCCNC(=O)/C=C(\C)c1cc2c(-c3ccccc3OC)coc2c(C)c1OCC. The Hall–Kier alpha value is -3.21. The standard InChI is InChI=1S/C28H35NO4/c1-6-8-9-12-15-29-26(30)16-19(3)22-17-23-24(21-13-10-11-14-25(21)31-5)18-33-28(23)20(4)27(22)32-7-2/h10-11,13-14,16-18H,6-9,12,15H2,1-5H3,(H,29,30)/b19-16+. The van der Waals surface area contributed by atoms with Gasteiger partial charge in [0.15, 0.2) is 0 Å². The van der Waals surface area contributed by atoms with E-state index in [2.05, 4.69) is 18.3 Å². The van der Waals surface area contributed by atoms with Crippen molar-refractivity contribution in [3.8, 4) is 22.6 Å². The van der Waals surface area contributed by atoms with Crippen molar-refractivity contribution in [3.63, 3.8) is 0 Å². The molecule has 0 atom stereocenters. The van der Waals surface area contributed by atoms with Crippen LogP contribution in [0.2, 0.25) is 0 Å². The largest absolute Gasteiger partial charge is 0.496 e. The molecule has 5 heteroatoms. The Labute approximate surface area is 196 Å². The molecule has 0 saturated heterocycles. The number of benzene rings is 2. The molecular formula is C28H35NO4. The molecule has 0 spiro atoms. The number of ether oxygens (including phenoxy) is 2. The van der Waals surface area contributed by atoms with Crippen LogP contribution in [0.3, 0.4) is 0 Å². The molecule has 0 unspecified atom stereocenters. The molecule has 0 radical (unpaired) electrons. The fourth-order valence-electron chi connectivity index (χ4n) is 4.10. The summed E-state index contributed by atoms with van der Waals surface area (Å²) in [5.41, 5.74) is 5.33. The highest BCUT2D eigenvalue weighted by atomic mass is 16.5. The van der Waals surface area contributed by atoms with Gasteiger partial charge in [0.1, 0.15) is 17.1 Å². The van der Waals surface area contributed by atoms with E-state index in [9.17, 15) is 4.79 Å². The van der Waals surface area contributed by atoms with Crippen molar-refractivity contribution in [3.05, 3.63) is 53.8 Å². The molecular weight excluding hydrogens is 414 g/mol. The van der Waals surface area contributed by atoms with Crippen LogP contribution in [0.5, 0.6) is 11.5 Å². The average Bonchev–Trinajstić information content (AvgIpc) is 3.24. The lowest BCUT2D eigenvalue weighted by molar-refractivity contribution is -0.116. The van der Waals surface area contributed by atoms with E-state index in [0.717, 1.165) is 63.1 Å². The summed E-state index contributed by atoms with van der Waals surface area (Å²) in [4.78, 5) is 12.5. The van der Waals surface area contributed by atoms with E-state index in [1.54, 1.807) is 19.4 Å². The summed E-state index contributed by atoms with van der Waals surface area (Å²) >= 11 is 0. The van der Waals surface area contributed by atoms with Crippen molar-refractivity contribution >= 4 is 22.4 Å². The number of allylic oxidation sites excluding steroid dienone is 1. The van der Waals surface area contributed by atoms with Crippen LogP contribution in [0, 0.1) is 6.92 Å². The summed E-state index contributed by atoms with van der Waals surface area (Å²) in [6.45, 7) is 9.29. The van der Waals surface area contributed by atoms with Crippen LogP contribution in [0.15, 0.2) is 47.1 Å². The molecule has 1 aromatic heterocycles. The number of hydrogen-bond acceptors (Lipinski definition) is 4. The van der Waals surface area contributed by atoms with E-state index in [-0.39, 0.29) is 5.91 Å². The first-order valence-corrected chi connectivity index (χ1v) is 11.8. The van der Waals surface area contributed by atoms with Gasteiger partial charge in [-0.3, -0.25) is 4.79 Å². The van der Waals surface area contributed by atoms with Crippen molar-refractivity contribution in [1.29, 1.82) is 0 Å². The van der Waals surface area contributed by atoms with Crippen LogP contribution < -0.4 is 14.8 Å². The van der Waals surface area contributed by atoms with E-state index in [1.165, 1.54) is 12.8 Å². The predicted molar refractivity (Wildman–Crippen MR) is 135 cm³/mol. The van der Waals surface area contributed by atoms with Gasteiger partial charge in [-0.05, 0) is 44.9 Å². The van der Waals surface area contributed by atoms with Crippen LogP contribution in [-0.4, -0.2) is 26.2 Å². The van der Waals surface area contributed by atoms with Crippen molar-refractivity contribution in [1.82, 2.24) is 5.32 Å². The maximum atomic E-state index is 12.5. The molecule has 2 aromatic carbocycles. The fraction of sp³-hybridized carbons (Fsp3) is 0.393. The summed E-state index contributed by atoms with van der Waals surface area (Å²) in [5.74, 6) is 1.44. The molecule has 1 N–H and O–H groups in total. The average molecular weight is 450 g/mol. The molecule has 0 fully saturated rings. The summed E-state index contributed by atoms with van der Waals surface area (Å²) in [5, 5.41) is 3.96. The van der Waals surface area contributed by atoms with E-state index in [0.29, 0.717) is 13.2 Å². The number of unbranched alkanes of at least 4 members (excludes halogenated alkanes) is 3. The first-order valence-electron chi connectivity index (χ1n) is 11.8. The lowest BCUT2D eigenvalue weighted by Gasteiger charge is -2.15. The van der Waals surface area contributed by atoms with Gasteiger partial charge in [0, 0.05) is 40.3 Å².